The predicted molar refractivity (Wildman–Crippen MR) is 334 cm³/mol. The largest absolute Gasteiger partial charge is 0.462 e. The Morgan fingerprint density at radius 1 is 0.273 bits per heavy atom. The molecule has 0 aliphatic rings. The second-order valence-corrected chi connectivity index (χ2v) is 19.8. The number of unbranched alkanes of at least 4 members (excludes halogenated alkanes) is 17. The molecule has 1 atom stereocenters. The first-order valence-corrected chi connectivity index (χ1v) is 31.0. The molecule has 0 heterocycles. The summed E-state index contributed by atoms with van der Waals surface area (Å²) in [6, 6.07) is 0. The lowest BCUT2D eigenvalue weighted by molar-refractivity contribution is -0.167. The van der Waals surface area contributed by atoms with E-state index in [4.69, 9.17) is 14.2 Å². The van der Waals surface area contributed by atoms with Crippen molar-refractivity contribution in [1.82, 2.24) is 0 Å². The molecular formula is C71H112O6. The first-order chi connectivity index (χ1) is 38.0. The van der Waals surface area contributed by atoms with Crippen molar-refractivity contribution < 1.29 is 28.6 Å². The van der Waals surface area contributed by atoms with Gasteiger partial charge in [-0.05, 0) is 148 Å². The summed E-state index contributed by atoms with van der Waals surface area (Å²) in [5.41, 5.74) is 0. The highest BCUT2D eigenvalue weighted by Gasteiger charge is 2.19. The van der Waals surface area contributed by atoms with E-state index in [1.54, 1.807) is 0 Å². The van der Waals surface area contributed by atoms with Crippen LogP contribution in [0.1, 0.15) is 252 Å². The van der Waals surface area contributed by atoms with Crippen molar-refractivity contribution >= 4 is 17.9 Å². The van der Waals surface area contributed by atoms with Gasteiger partial charge in [0.2, 0.25) is 0 Å². The van der Waals surface area contributed by atoms with E-state index in [-0.39, 0.29) is 31.1 Å². The van der Waals surface area contributed by atoms with Crippen LogP contribution in [0.3, 0.4) is 0 Å². The van der Waals surface area contributed by atoms with Crippen molar-refractivity contribution in [3.63, 3.8) is 0 Å². The average Bonchev–Trinajstić information content (AvgIpc) is 3.43. The SMILES string of the molecule is CC/C=C\C/C=C\C/C=C\C/C=C\C/C=C\C/C=C\C/C=C\C/C=C\CCCCC(=O)OCC(COC(=O)CCCCCCC/C=C\CCCCCC)OC(=O)CCCCCCCC/C=C\C/C=C\C/C=C\C/C=C\CC. The fourth-order valence-electron chi connectivity index (χ4n) is 7.91. The molecule has 0 aliphatic heterocycles. The van der Waals surface area contributed by atoms with Crippen molar-refractivity contribution in [2.45, 2.75) is 258 Å². The number of rotatable bonds is 54. The molecule has 0 bridgehead atoms. The molecule has 0 fully saturated rings. The van der Waals surface area contributed by atoms with Crippen LogP contribution in [0.2, 0.25) is 0 Å². The van der Waals surface area contributed by atoms with Gasteiger partial charge < -0.3 is 14.2 Å². The van der Waals surface area contributed by atoms with Crippen LogP contribution in [-0.4, -0.2) is 37.2 Å². The molecule has 0 saturated heterocycles. The molecule has 6 heteroatoms. The van der Waals surface area contributed by atoms with E-state index in [1.165, 1.54) is 51.4 Å². The predicted octanol–water partition coefficient (Wildman–Crippen LogP) is 21.3. The summed E-state index contributed by atoms with van der Waals surface area (Å²) >= 11 is 0. The van der Waals surface area contributed by atoms with Crippen molar-refractivity contribution in [3.8, 4) is 0 Å². The van der Waals surface area contributed by atoms with E-state index in [9.17, 15) is 14.4 Å². The van der Waals surface area contributed by atoms with Crippen molar-refractivity contribution in [1.29, 1.82) is 0 Å². The lowest BCUT2D eigenvalue weighted by atomic mass is 10.1. The number of esters is 3. The Morgan fingerprint density at radius 2 is 0.506 bits per heavy atom. The number of hydrogen-bond acceptors (Lipinski definition) is 6. The van der Waals surface area contributed by atoms with Crippen LogP contribution in [0.15, 0.2) is 158 Å². The van der Waals surface area contributed by atoms with Crippen molar-refractivity contribution in [2.75, 3.05) is 13.2 Å². The first kappa shape index (κ1) is 72.0. The molecule has 432 valence electrons. The third-order valence-corrected chi connectivity index (χ3v) is 12.5. The molecule has 0 aromatic carbocycles. The minimum atomic E-state index is -0.816. The molecule has 0 radical (unpaired) electrons. The molecule has 6 nitrogen and oxygen atoms in total. The summed E-state index contributed by atoms with van der Waals surface area (Å²) in [5, 5.41) is 0. The lowest BCUT2D eigenvalue weighted by Gasteiger charge is -2.18. The maximum atomic E-state index is 12.9. The third kappa shape index (κ3) is 61.8. The number of carbonyl (C=O) groups is 3. The van der Waals surface area contributed by atoms with Gasteiger partial charge in [-0.25, -0.2) is 0 Å². The van der Waals surface area contributed by atoms with E-state index in [2.05, 4.69) is 179 Å². The van der Waals surface area contributed by atoms with E-state index in [0.29, 0.717) is 25.7 Å². The summed E-state index contributed by atoms with van der Waals surface area (Å²) in [4.78, 5) is 38.2. The van der Waals surface area contributed by atoms with E-state index < -0.39 is 6.10 Å². The van der Waals surface area contributed by atoms with Gasteiger partial charge in [0.05, 0.1) is 0 Å². The van der Waals surface area contributed by atoms with E-state index in [1.807, 2.05) is 0 Å². The molecule has 0 aliphatic carbocycles. The molecular weight excluding hydrogens is 949 g/mol. The van der Waals surface area contributed by atoms with Crippen LogP contribution in [0, 0.1) is 0 Å². The molecule has 0 N–H and O–H groups in total. The highest BCUT2D eigenvalue weighted by molar-refractivity contribution is 5.71. The zero-order valence-electron chi connectivity index (χ0n) is 49.4. The Morgan fingerprint density at radius 3 is 0.831 bits per heavy atom. The Balaban J connectivity index is 4.49. The third-order valence-electron chi connectivity index (χ3n) is 12.5. The van der Waals surface area contributed by atoms with Gasteiger partial charge in [-0.15, -0.1) is 0 Å². The van der Waals surface area contributed by atoms with E-state index in [0.717, 1.165) is 154 Å². The molecule has 1 unspecified atom stereocenters. The summed E-state index contributed by atoms with van der Waals surface area (Å²) in [5.74, 6) is -0.981. The zero-order valence-corrected chi connectivity index (χ0v) is 49.4. The number of hydrogen-bond donors (Lipinski definition) is 0. The van der Waals surface area contributed by atoms with Crippen LogP contribution in [-0.2, 0) is 28.6 Å². The van der Waals surface area contributed by atoms with Gasteiger partial charge in [0, 0.05) is 19.3 Å². The normalized spacial score (nSPS) is 13.2. The lowest BCUT2D eigenvalue weighted by Crippen LogP contribution is -2.30. The van der Waals surface area contributed by atoms with Crippen LogP contribution in [0.4, 0.5) is 0 Å². The summed E-state index contributed by atoms with van der Waals surface area (Å²) < 4.78 is 16.8. The number of ether oxygens (including phenoxy) is 3. The van der Waals surface area contributed by atoms with Crippen LogP contribution >= 0.6 is 0 Å². The second-order valence-electron chi connectivity index (χ2n) is 19.8. The number of carbonyl (C=O) groups excluding carboxylic acids is 3. The van der Waals surface area contributed by atoms with Gasteiger partial charge in [-0.2, -0.15) is 0 Å². The Labute approximate surface area is 473 Å². The molecule has 77 heavy (non-hydrogen) atoms. The van der Waals surface area contributed by atoms with Gasteiger partial charge in [0.25, 0.3) is 0 Å². The number of allylic oxidation sites excluding steroid dienone is 26. The van der Waals surface area contributed by atoms with Crippen LogP contribution in [0.5, 0.6) is 0 Å². The monoisotopic (exact) mass is 1060 g/mol. The van der Waals surface area contributed by atoms with Crippen LogP contribution < -0.4 is 0 Å². The van der Waals surface area contributed by atoms with E-state index >= 15 is 0 Å². The maximum absolute atomic E-state index is 12.9. The fraction of sp³-hybridized carbons (Fsp3) is 0.592. The molecule has 0 aromatic heterocycles. The molecule has 0 aromatic rings. The summed E-state index contributed by atoms with van der Waals surface area (Å²) in [7, 11) is 0. The highest BCUT2D eigenvalue weighted by atomic mass is 16.6. The molecule has 0 saturated carbocycles. The fourth-order valence-corrected chi connectivity index (χ4v) is 7.91. The van der Waals surface area contributed by atoms with Crippen molar-refractivity contribution in [3.05, 3.63) is 158 Å². The van der Waals surface area contributed by atoms with Gasteiger partial charge in [-0.1, -0.05) is 243 Å². The zero-order chi connectivity index (χ0) is 55.7. The van der Waals surface area contributed by atoms with Gasteiger partial charge in [-0.3, -0.25) is 14.4 Å². The standard InChI is InChI=1S/C71H112O6/c1-4-7-10-13-16-19-22-25-27-29-31-32-33-34-35-36-37-38-40-41-43-46-49-52-55-58-61-64-70(73)76-67-68(66-75-69(72)63-60-57-54-51-48-45-24-21-18-15-12-9-6-3)77-71(74)65-62-59-56-53-50-47-44-42-39-30-28-26-23-20-17-14-11-8-5-2/h7-8,10-11,16-17,19-21,24-28,31-32,34-35,37-39,41-43,49,52,68H,4-6,9,12-15,18,22-23,29-30,33,36,40,44-48,50-51,53-67H2,1-3H3/b10-7-,11-8-,19-16-,20-17-,24-21-,27-25-,28-26-,32-31-,35-34-,38-37-,42-39-,43-41-,52-49-. The van der Waals surface area contributed by atoms with Gasteiger partial charge in [0.15, 0.2) is 6.10 Å². The summed E-state index contributed by atoms with van der Waals surface area (Å²) in [6.07, 6.45) is 92.4. The van der Waals surface area contributed by atoms with Gasteiger partial charge >= 0.3 is 17.9 Å². The summed E-state index contributed by atoms with van der Waals surface area (Å²) in [6.45, 7) is 6.33. The quantitative estimate of drug-likeness (QED) is 0.0261. The topological polar surface area (TPSA) is 78.9 Å². The first-order valence-electron chi connectivity index (χ1n) is 31.0. The minimum Gasteiger partial charge on any atom is -0.462 e. The van der Waals surface area contributed by atoms with Crippen molar-refractivity contribution in [2.24, 2.45) is 0 Å². The molecule has 0 spiro atoms. The Bertz CT molecular complexity index is 1740. The van der Waals surface area contributed by atoms with Crippen LogP contribution in [0.25, 0.3) is 0 Å². The average molecular weight is 1060 g/mol. The highest BCUT2D eigenvalue weighted by Crippen LogP contribution is 2.13. The Hall–Kier alpha value is -4.97. The molecule has 0 amide bonds. The smallest absolute Gasteiger partial charge is 0.306 e. The minimum absolute atomic E-state index is 0.109. The Kier molecular flexibility index (Phi) is 59.5. The van der Waals surface area contributed by atoms with Gasteiger partial charge in [0.1, 0.15) is 13.2 Å². The maximum Gasteiger partial charge on any atom is 0.306 e. The molecule has 0 rings (SSSR count). The second kappa shape index (κ2) is 63.6.